The lowest BCUT2D eigenvalue weighted by Gasteiger charge is -2.38. The van der Waals surface area contributed by atoms with Gasteiger partial charge in [0.15, 0.2) is 0 Å². The van der Waals surface area contributed by atoms with Crippen LogP contribution in [-0.2, 0) is 23.9 Å². The third kappa shape index (κ3) is 6.13. The third-order valence-corrected chi connectivity index (χ3v) is 4.80. The summed E-state index contributed by atoms with van der Waals surface area (Å²) in [6.45, 7) is 14.9. The Morgan fingerprint density at radius 2 is 1.58 bits per heavy atom. The van der Waals surface area contributed by atoms with Gasteiger partial charge in [0, 0.05) is 0 Å². The minimum Gasteiger partial charge on any atom is -0.442 e. The summed E-state index contributed by atoms with van der Waals surface area (Å²) >= 11 is 0. The molecule has 11 heteroatoms. The summed E-state index contributed by atoms with van der Waals surface area (Å²) in [6, 6.07) is 8.65. The molecule has 0 N–H and O–H groups in total. The Labute approximate surface area is 211 Å². The monoisotopic (exact) mass is 504 g/mol. The van der Waals surface area contributed by atoms with Crippen LogP contribution < -0.4 is 5.01 Å². The molecule has 1 aromatic rings. The van der Waals surface area contributed by atoms with Crippen molar-refractivity contribution in [1.29, 1.82) is 0 Å². The Morgan fingerprint density at radius 3 is 2.06 bits per heavy atom. The molecule has 1 aliphatic heterocycles. The van der Waals surface area contributed by atoms with E-state index in [1.807, 2.05) is 0 Å². The quantitative estimate of drug-likeness (QED) is 0.317. The zero-order chi connectivity index (χ0) is 27.5. The number of hydrazone groups is 1. The van der Waals surface area contributed by atoms with Crippen molar-refractivity contribution in [3.05, 3.63) is 30.3 Å². The number of rotatable bonds is 5. The zero-order valence-electron chi connectivity index (χ0n) is 22.6. The van der Waals surface area contributed by atoms with Crippen LogP contribution in [0.5, 0.6) is 0 Å². The summed E-state index contributed by atoms with van der Waals surface area (Å²) in [5.41, 5.74) is -3.42. The molecule has 0 saturated heterocycles. The highest BCUT2D eigenvalue weighted by atomic mass is 16.8. The Balaban J connectivity index is 2.82. The molecule has 11 nitrogen and oxygen atoms in total. The number of amides is 2. The number of anilines is 1. The standard InChI is InChI=1S/C25H36N4O7/c1-16(2)19-25(17(3)27-33-10,20(30)28(26-19)18-14-12-11-13-15-18)29(21(31)34-23(4,5)6)36-22(32)35-24(7,8)9/h11-16H,1-10H3. The SMILES string of the molecule is CON=C(C)C1(N(OC(=O)OC(C)(C)C)C(=O)OC(C)(C)C)C(=O)N(c2ccccc2)N=C1C(C)C. The smallest absolute Gasteiger partial charge is 0.442 e. The lowest BCUT2D eigenvalue weighted by Crippen LogP contribution is -2.67. The van der Waals surface area contributed by atoms with E-state index in [1.165, 1.54) is 14.0 Å². The van der Waals surface area contributed by atoms with Gasteiger partial charge in [-0.2, -0.15) is 10.1 Å². The first kappa shape index (κ1) is 28.6. The predicted octanol–water partition coefficient (Wildman–Crippen LogP) is 4.91. The molecule has 0 spiro atoms. The first-order chi connectivity index (χ1) is 16.5. The Morgan fingerprint density at radius 1 is 1.03 bits per heavy atom. The van der Waals surface area contributed by atoms with Crippen molar-refractivity contribution in [3.8, 4) is 0 Å². The molecule has 2 amide bonds. The summed E-state index contributed by atoms with van der Waals surface area (Å²) < 4.78 is 10.8. The highest BCUT2D eigenvalue weighted by Crippen LogP contribution is 2.37. The van der Waals surface area contributed by atoms with Crippen molar-refractivity contribution in [1.82, 2.24) is 5.06 Å². The molecule has 1 aliphatic rings. The van der Waals surface area contributed by atoms with Crippen molar-refractivity contribution in [3.63, 3.8) is 0 Å². The van der Waals surface area contributed by atoms with E-state index in [1.54, 1.807) is 85.7 Å². The van der Waals surface area contributed by atoms with Crippen LogP contribution in [0.15, 0.2) is 40.6 Å². The van der Waals surface area contributed by atoms with Gasteiger partial charge in [0.2, 0.25) is 5.54 Å². The van der Waals surface area contributed by atoms with Crippen molar-refractivity contribution in [2.24, 2.45) is 16.2 Å². The van der Waals surface area contributed by atoms with E-state index in [0.29, 0.717) is 10.8 Å². The molecule has 2 rings (SSSR count). The fourth-order valence-electron chi connectivity index (χ4n) is 3.54. The van der Waals surface area contributed by atoms with Crippen LogP contribution >= 0.6 is 0 Å². The van der Waals surface area contributed by atoms with E-state index < -0.39 is 40.8 Å². The lowest BCUT2D eigenvalue weighted by atomic mass is 9.82. The normalized spacial score (nSPS) is 18.6. The van der Waals surface area contributed by atoms with Gasteiger partial charge in [-0.15, -0.1) is 5.06 Å². The average molecular weight is 505 g/mol. The first-order valence-corrected chi connectivity index (χ1v) is 11.6. The molecule has 198 valence electrons. The number of hydrogen-bond acceptors (Lipinski definition) is 9. The second-order valence-electron chi connectivity index (χ2n) is 10.5. The van der Waals surface area contributed by atoms with Crippen LogP contribution in [0, 0.1) is 5.92 Å². The molecule has 1 unspecified atom stereocenters. The highest BCUT2D eigenvalue weighted by molar-refractivity contribution is 6.38. The van der Waals surface area contributed by atoms with Gasteiger partial charge in [0.05, 0.1) is 17.1 Å². The second-order valence-corrected chi connectivity index (χ2v) is 10.5. The Kier molecular flexibility index (Phi) is 8.38. The minimum atomic E-state index is -2.11. The van der Waals surface area contributed by atoms with Crippen LogP contribution in [0.1, 0.15) is 62.3 Å². The van der Waals surface area contributed by atoms with Gasteiger partial charge >= 0.3 is 12.2 Å². The first-order valence-electron chi connectivity index (χ1n) is 11.6. The lowest BCUT2D eigenvalue weighted by molar-refractivity contribution is -0.164. The number of benzene rings is 1. The molecule has 0 saturated carbocycles. The number of hydroxylamine groups is 2. The number of nitrogens with zero attached hydrogens (tertiary/aromatic N) is 4. The summed E-state index contributed by atoms with van der Waals surface area (Å²) in [7, 11) is 1.30. The van der Waals surface area contributed by atoms with Gasteiger partial charge in [-0.25, -0.2) is 9.59 Å². The van der Waals surface area contributed by atoms with Gasteiger partial charge in [-0.05, 0) is 66.5 Å². The second kappa shape index (κ2) is 10.5. The van der Waals surface area contributed by atoms with Crippen molar-refractivity contribution >= 4 is 35.3 Å². The van der Waals surface area contributed by atoms with Crippen molar-refractivity contribution < 1.29 is 33.5 Å². The summed E-state index contributed by atoms with van der Waals surface area (Å²) in [5, 5.41) is 10.2. The molecule has 0 radical (unpaired) electrons. The van der Waals surface area contributed by atoms with Crippen LogP contribution in [0.2, 0.25) is 0 Å². The number of carbonyl (C=O) groups excluding carboxylic acids is 3. The van der Waals surface area contributed by atoms with E-state index in [-0.39, 0.29) is 11.4 Å². The number of carbonyl (C=O) groups is 3. The van der Waals surface area contributed by atoms with Crippen molar-refractivity contribution in [2.45, 2.75) is 79.1 Å². The van der Waals surface area contributed by atoms with E-state index >= 15 is 0 Å². The molecular formula is C25H36N4O7. The molecule has 36 heavy (non-hydrogen) atoms. The van der Waals surface area contributed by atoms with Crippen LogP contribution in [-0.4, -0.2) is 58.5 Å². The van der Waals surface area contributed by atoms with Gasteiger partial charge in [-0.3, -0.25) is 9.63 Å². The average Bonchev–Trinajstić information content (AvgIpc) is 3.04. The van der Waals surface area contributed by atoms with Gasteiger partial charge in [0.25, 0.3) is 5.91 Å². The third-order valence-electron chi connectivity index (χ3n) is 4.80. The van der Waals surface area contributed by atoms with Gasteiger partial charge < -0.3 is 14.3 Å². The van der Waals surface area contributed by atoms with E-state index in [4.69, 9.17) is 19.1 Å². The number of oxime groups is 1. The summed E-state index contributed by atoms with van der Waals surface area (Å²) in [6.07, 6.45) is -2.33. The molecule has 0 aliphatic carbocycles. The minimum absolute atomic E-state index is 0.00435. The Hall–Kier alpha value is -3.63. The summed E-state index contributed by atoms with van der Waals surface area (Å²) in [4.78, 5) is 51.1. The molecule has 1 heterocycles. The molecule has 1 aromatic carbocycles. The van der Waals surface area contributed by atoms with Crippen LogP contribution in [0.4, 0.5) is 15.3 Å². The molecule has 0 aromatic heterocycles. The maximum Gasteiger partial charge on any atom is 0.534 e. The van der Waals surface area contributed by atoms with E-state index in [2.05, 4.69) is 10.3 Å². The maximum atomic E-state index is 14.2. The zero-order valence-corrected chi connectivity index (χ0v) is 22.6. The molecule has 0 bridgehead atoms. The number of para-hydroxylation sites is 1. The highest BCUT2D eigenvalue weighted by Gasteiger charge is 2.64. The molecular weight excluding hydrogens is 468 g/mol. The maximum absolute atomic E-state index is 14.2. The molecule has 0 fully saturated rings. The van der Waals surface area contributed by atoms with E-state index in [0.717, 1.165) is 5.01 Å². The fraction of sp³-hybridized carbons (Fsp3) is 0.560. The molecule has 1 atom stereocenters. The summed E-state index contributed by atoms with van der Waals surface area (Å²) in [5.74, 6) is -1.12. The van der Waals surface area contributed by atoms with E-state index in [9.17, 15) is 14.4 Å². The number of ether oxygens (including phenoxy) is 2. The van der Waals surface area contributed by atoms with Crippen LogP contribution in [0.25, 0.3) is 0 Å². The van der Waals surface area contributed by atoms with Gasteiger partial charge in [0.1, 0.15) is 18.3 Å². The predicted molar refractivity (Wildman–Crippen MR) is 134 cm³/mol. The number of hydrogen-bond donors (Lipinski definition) is 0. The fourth-order valence-corrected chi connectivity index (χ4v) is 3.54. The van der Waals surface area contributed by atoms with Crippen molar-refractivity contribution in [2.75, 3.05) is 12.1 Å². The topological polar surface area (TPSA) is 119 Å². The van der Waals surface area contributed by atoms with Crippen LogP contribution in [0.3, 0.4) is 0 Å². The largest absolute Gasteiger partial charge is 0.534 e. The Bertz CT molecular complexity index is 1040. The van der Waals surface area contributed by atoms with Gasteiger partial charge in [-0.1, -0.05) is 37.2 Å².